The lowest BCUT2D eigenvalue weighted by atomic mass is 10.2. The molecule has 1 amide bonds. The number of sulfonamides is 1. The molecule has 14 heteroatoms. The number of anilines is 2. The second kappa shape index (κ2) is 10.6. The Labute approximate surface area is 210 Å². The number of amides is 1. The molecule has 0 heterocycles. The summed E-state index contributed by atoms with van der Waals surface area (Å²) in [6, 6.07) is 12.6. The topological polar surface area (TPSA) is 162 Å². The molecule has 0 aliphatic heterocycles. The summed E-state index contributed by atoms with van der Waals surface area (Å²) in [7, 11) is -3.27. The number of ether oxygens (including phenoxy) is 1. The third-order valence-corrected chi connectivity index (χ3v) is 6.99. The van der Waals surface area contributed by atoms with E-state index in [1.165, 1.54) is 62.6 Å². The molecule has 0 fully saturated rings. The van der Waals surface area contributed by atoms with Crippen LogP contribution in [-0.4, -0.2) is 37.8 Å². The summed E-state index contributed by atoms with van der Waals surface area (Å²) < 4.78 is 33.3. The van der Waals surface area contributed by atoms with Crippen molar-refractivity contribution in [1.82, 2.24) is 0 Å². The van der Waals surface area contributed by atoms with Gasteiger partial charge in [0.15, 0.2) is 0 Å². The van der Waals surface area contributed by atoms with Crippen LogP contribution >= 0.6 is 11.6 Å². The fourth-order valence-corrected chi connectivity index (χ4v) is 4.87. The number of nitro groups is 2. The van der Waals surface area contributed by atoms with Gasteiger partial charge in [0.25, 0.3) is 21.4 Å². The van der Waals surface area contributed by atoms with Crippen molar-refractivity contribution in [2.24, 2.45) is 0 Å². The maximum Gasteiger partial charge on any atom is 0.273 e. The largest absolute Gasteiger partial charge is 0.495 e. The Hall–Kier alpha value is -4.23. The van der Waals surface area contributed by atoms with E-state index in [4.69, 9.17) is 16.3 Å². The van der Waals surface area contributed by atoms with Crippen LogP contribution < -0.4 is 14.4 Å². The number of nitrogens with one attached hydrogen (secondary N) is 1. The Morgan fingerprint density at radius 2 is 1.78 bits per heavy atom. The molecule has 0 saturated carbocycles. The van der Waals surface area contributed by atoms with E-state index >= 15 is 0 Å². The van der Waals surface area contributed by atoms with Crippen molar-refractivity contribution in [3.63, 3.8) is 0 Å². The fraction of sp³-hybridized carbons (Fsp3) is 0.136. The number of non-ortho nitro benzene ring substituents is 1. The quantitative estimate of drug-likeness (QED) is 0.313. The standard InChI is InChI=1S/C22H19ClN4O8S/c1-14-6-8-18(12-19(14)27(31)32)36(33,34)25(20-10-15(23)7-9-21(20)35-2)13-22(28)24-16-4-3-5-17(11-16)26(29)30/h3-12H,13H2,1-2H3,(H,24,28). The minimum Gasteiger partial charge on any atom is -0.495 e. The number of nitro benzene ring substituents is 2. The molecule has 0 aliphatic carbocycles. The Morgan fingerprint density at radius 1 is 1.06 bits per heavy atom. The van der Waals surface area contributed by atoms with Crippen LogP contribution in [0.25, 0.3) is 0 Å². The molecule has 36 heavy (non-hydrogen) atoms. The van der Waals surface area contributed by atoms with E-state index in [1.807, 2.05) is 0 Å². The van der Waals surface area contributed by atoms with E-state index in [9.17, 15) is 33.4 Å². The number of carbonyl (C=O) groups is 1. The van der Waals surface area contributed by atoms with Crippen molar-refractivity contribution in [3.8, 4) is 5.75 Å². The Kier molecular flexibility index (Phi) is 7.75. The zero-order valence-corrected chi connectivity index (χ0v) is 20.4. The van der Waals surface area contributed by atoms with Gasteiger partial charge >= 0.3 is 0 Å². The molecule has 188 valence electrons. The lowest BCUT2D eigenvalue weighted by Gasteiger charge is -2.26. The first-order valence-electron chi connectivity index (χ1n) is 10.1. The van der Waals surface area contributed by atoms with Gasteiger partial charge in [0, 0.05) is 34.5 Å². The van der Waals surface area contributed by atoms with Gasteiger partial charge in [-0.15, -0.1) is 0 Å². The fourth-order valence-electron chi connectivity index (χ4n) is 3.26. The Bertz CT molecular complexity index is 1460. The van der Waals surface area contributed by atoms with Gasteiger partial charge in [-0.05, 0) is 37.3 Å². The lowest BCUT2D eigenvalue weighted by Crippen LogP contribution is -2.38. The SMILES string of the molecule is COc1ccc(Cl)cc1N(CC(=O)Nc1cccc([N+](=O)[O-])c1)S(=O)(=O)c1ccc(C)c([N+](=O)[O-])c1. The number of rotatable bonds is 9. The van der Waals surface area contributed by atoms with Gasteiger partial charge in [0.1, 0.15) is 12.3 Å². The van der Waals surface area contributed by atoms with Crippen molar-refractivity contribution in [2.75, 3.05) is 23.3 Å². The molecule has 1 N–H and O–H groups in total. The molecular weight excluding hydrogens is 516 g/mol. The third kappa shape index (κ3) is 5.70. The van der Waals surface area contributed by atoms with Gasteiger partial charge in [0.2, 0.25) is 5.91 Å². The number of hydrogen-bond donors (Lipinski definition) is 1. The summed E-state index contributed by atoms with van der Waals surface area (Å²) in [5.74, 6) is -0.782. The van der Waals surface area contributed by atoms with Crippen molar-refractivity contribution < 1.29 is 27.8 Å². The molecule has 0 spiro atoms. The van der Waals surface area contributed by atoms with Crippen molar-refractivity contribution in [1.29, 1.82) is 0 Å². The van der Waals surface area contributed by atoms with Gasteiger partial charge < -0.3 is 10.1 Å². The Morgan fingerprint density at radius 3 is 2.42 bits per heavy atom. The van der Waals surface area contributed by atoms with Crippen LogP contribution in [0.4, 0.5) is 22.7 Å². The molecule has 0 saturated heterocycles. The normalized spacial score (nSPS) is 11.0. The summed E-state index contributed by atoms with van der Waals surface area (Å²) in [5.41, 5.74) is -0.483. The highest BCUT2D eigenvalue weighted by molar-refractivity contribution is 7.92. The first-order chi connectivity index (χ1) is 16.9. The molecule has 0 aliphatic rings. The van der Waals surface area contributed by atoms with Crippen LogP contribution in [0.5, 0.6) is 5.75 Å². The van der Waals surface area contributed by atoms with Crippen LogP contribution in [0.15, 0.2) is 65.6 Å². The predicted molar refractivity (Wildman–Crippen MR) is 132 cm³/mol. The average Bonchev–Trinajstić information content (AvgIpc) is 2.82. The highest BCUT2D eigenvalue weighted by Gasteiger charge is 2.31. The smallest absolute Gasteiger partial charge is 0.273 e. The maximum atomic E-state index is 13.7. The van der Waals surface area contributed by atoms with Gasteiger partial charge in [-0.2, -0.15) is 0 Å². The molecule has 0 atom stereocenters. The van der Waals surface area contributed by atoms with Crippen molar-refractivity contribution >= 4 is 50.3 Å². The summed E-state index contributed by atoms with van der Waals surface area (Å²) >= 11 is 6.08. The van der Waals surface area contributed by atoms with Crippen LogP contribution in [0.3, 0.4) is 0 Å². The van der Waals surface area contributed by atoms with Gasteiger partial charge in [-0.25, -0.2) is 8.42 Å². The Balaban J connectivity index is 2.08. The highest BCUT2D eigenvalue weighted by atomic mass is 35.5. The van der Waals surface area contributed by atoms with E-state index < -0.39 is 42.9 Å². The zero-order chi connectivity index (χ0) is 26.6. The molecule has 3 aromatic rings. The third-order valence-electron chi connectivity index (χ3n) is 5.00. The van der Waals surface area contributed by atoms with E-state index in [-0.39, 0.29) is 33.4 Å². The van der Waals surface area contributed by atoms with Crippen LogP contribution in [0.2, 0.25) is 5.02 Å². The molecule has 0 bridgehead atoms. The van der Waals surface area contributed by atoms with Crippen LogP contribution in [0.1, 0.15) is 5.56 Å². The first-order valence-corrected chi connectivity index (χ1v) is 11.9. The van der Waals surface area contributed by atoms with E-state index in [2.05, 4.69) is 5.32 Å². The molecule has 0 radical (unpaired) electrons. The van der Waals surface area contributed by atoms with Gasteiger partial charge in [-0.1, -0.05) is 23.7 Å². The number of hydrogen-bond acceptors (Lipinski definition) is 8. The summed E-state index contributed by atoms with van der Waals surface area (Å²) in [5, 5.41) is 25.0. The average molecular weight is 535 g/mol. The molecule has 0 unspecified atom stereocenters. The van der Waals surface area contributed by atoms with Crippen molar-refractivity contribution in [3.05, 3.63) is 91.5 Å². The first kappa shape index (κ1) is 26.4. The van der Waals surface area contributed by atoms with E-state index in [0.29, 0.717) is 4.31 Å². The molecular formula is C22H19ClN4O8S. The van der Waals surface area contributed by atoms with E-state index in [1.54, 1.807) is 0 Å². The minimum absolute atomic E-state index is 0.0627. The minimum atomic E-state index is -4.56. The number of carbonyl (C=O) groups excluding carboxylic acids is 1. The summed E-state index contributed by atoms with van der Waals surface area (Å²) in [4.78, 5) is 33.5. The highest BCUT2D eigenvalue weighted by Crippen LogP contribution is 2.36. The summed E-state index contributed by atoms with van der Waals surface area (Å²) in [6.07, 6.45) is 0. The van der Waals surface area contributed by atoms with E-state index in [0.717, 1.165) is 12.1 Å². The monoisotopic (exact) mass is 534 g/mol. The van der Waals surface area contributed by atoms with Gasteiger partial charge in [0.05, 0.1) is 27.5 Å². The molecule has 0 aromatic heterocycles. The second-order valence-electron chi connectivity index (χ2n) is 7.39. The van der Waals surface area contributed by atoms with Crippen molar-refractivity contribution in [2.45, 2.75) is 11.8 Å². The molecule has 3 rings (SSSR count). The zero-order valence-electron chi connectivity index (χ0n) is 18.9. The lowest BCUT2D eigenvalue weighted by molar-refractivity contribution is -0.385. The number of nitrogens with zero attached hydrogens (tertiary/aromatic N) is 3. The van der Waals surface area contributed by atoms with Crippen LogP contribution in [0, 0.1) is 27.2 Å². The number of aryl methyl sites for hydroxylation is 1. The summed E-state index contributed by atoms with van der Waals surface area (Å²) in [6.45, 7) is 0.655. The number of halogens is 1. The maximum absolute atomic E-state index is 13.7. The second-order valence-corrected chi connectivity index (χ2v) is 9.69. The molecule has 12 nitrogen and oxygen atoms in total. The van der Waals surface area contributed by atoms with Crippen LogP contribution in [-0.2, 0) is 14.8 Å². The number of methoxy groups -OCH3 is 1. The number of benzene rings is 3. The predicted octanol–water partition coefficient (Wildman–Crippen LogP) is 4.31. The van der Waals surface area contributed by atoms with Gasteiger partial charge in [-0.3, -0.25) is 29.3 Å². The molecule has 3 aromatic carbocycles.